The molecule has 0 fully saturated rings. The molecule has 0 aliphatic rings. The fourth-order valence-electron chi connectivity index (χ4n) is 2.84. The summed E-state index contributed by atoms with van der Waals surface area (Å²) in [5.41, 5.74) is 2.40. The summed E-state index contributed by atoms with van der Waals surface area (Å²) in [6.07, 6.45) is 2.67. The third-order valence-corrected chi connectivity index (χ3v) is 4.81. The molecule has 2 heterocycles. The lowest BCUT2D eigenvalue weighted by Crippen LogP contribution is -1.97. The fraction of sp³-hybridized carbons (Fsp3) is 0.0526. The Morgan fingerprint density at radius 2 is 2.00 bits per heavy atom. The smallest absolute Gasteiger partial charge is 0.194 e. The summed E-state index contributed by atoms with van der Waals surface area (Å²) in [6.45, 7) is 0. The molecule has 0 radical (unpaired) electrons. The van der Waals surface area contributed by atoms with E-state index in [-0.39, 0.29) is 0 Å². The molecule has 0 unspecified atom stereocenters. The number of carbonyl (C=O) groups excluding carboxylic acids is 1. The molecule has 0 N–H and O–H groups in total. The number of methoxy groups -OCH3 is 1. The molecule has 0 saturated carbocycles. The Hall–Kier alpha value is -2.92. The standard InChI is InChI=1S/C19H14N2O2S/c1-23-17-9-8-13-5-2-3-7-15(13)18(17)16-12-24-19(20-16)21-10-4-6-14(21)11-22/h2-12H,1H3. The number of aldehydes is 1. The molecule has 2 aromatic carbocycles. The topological polar surface area (TPSA) is 44.1 Å². The Kier molecular flexibility index (Phi) is 3.63. The zero-order chi connectivity index (χ0) is 16.5. The minimum absolute atomic E-state index is 0.584. The van der Waals surface area contributed by atoms with Gasteiger partial charge in [0.1, 0.15) is 5.75 Å². The Labute approximate surface area is 143 Å². The van der Waals surface area contributed by atoms with E-state index in [2.05, 4.69) is 12.1 Å². The summed E-state index contributed by atoms with van der Waals surface area (Å²) in [6, 6.07) is 15.8. The number of fused-ring (bicyclic) bond motifs is 1. The minimum Gasteiger partial charge on any atom is -0.496 e. The molecule has 0 amide bonds. The van der Waals surface area contributed by atoms with Crippen LogP contribution in [0.1, 0.15) is 10.5 Å². The Morgan fingerprint density at radius 1 is 1.12 bits per heavy atom. The van der Waals surface area contributed by atoms with Crippen molar-refractivity contribution in [3.05, 3.63) is 65.8 Å². The normalized spacial score (nSPS) is 10.9. The molecule has 0 spiro atoms. The zero-order valence-corrected chi connectivity index (χ0v) is 13.8. The SMILES string of the molecule is COc1ccc2ccccc2c1-c1csc(-n2cccc2C=O)n1. The second-order valence-corrected chi connectivity index (χ2v) is 6.14. The van der Waals surface area contributed by atoms with Crippen LogP contribution in [0.15, 0.2) is 60.1 Å². The van der Waals surface area contributed by atoms with Gasteiger partial charge >= 0.3 is 0 Å². The van der Waals surface area contributed by atoms with Crippen LogP contribution in [0.2, 0.25) is 0 Å². The van der Waals surface area contributed by atoms with Crippen LogP contribution < -0.4 is 4.74 Å². The monoisotopic (exact) mass is 334 g/mol. The Balaban J connectivity index is 1.91. The van der Waals surface area contributed by atoms with Gasteiger partial charge in [0.25, 0.3) is 0 Å². The van der Waals surface area contributed by atoms with Gasteiger partial charge in [-0.3, -0.25) is 9.36 Å². The molecule has 0 bridgehead atoms. The van der Waals surface area contributed by atoms with Crippen molar-refractivity contribution in [1.82, 2.24) is 9.55 Å². The number of aromatic nitrogens is 2. The van der Waals surface area contributed by atoms with Crippen molar-refractivity contribution < 1.29 is 9.53 Å². The molecular formula is C19H14N2O2S. The van der Waals surface area contributed by atoms with Gasteiger partial charge in [-0.15, -0.1) is 11.3 Å². The van der Waals surface area contributed by atoms with Crippen molar-refractivity contribution in [3.63, 3.8) is 0 Å². The van der Waals surface area contributed by atoms with Crippen LogP contribution in [0.25, 0.3) is 27.2 Å². The number of hydrogen-bond acceptors (Lipinski definition) is 4. The van der Waals surface area contributed by atoms with Gasteiger partial charge in [-0.1, -0.05) is 30.3 Å². The highest BCUT2D eigenvalue weighted by Gasteiger charge is 2.15. The molecule has 5 heteroatoms. The third-order valence-electron chi connectivity index (χ3n) is 3.97. The minimum atomic E-state index is 0.584. The molecule has 4 rings (SSSR count). The van der Waals surface area contributed by atoms with Gasteiger partial charge in [0.2, 0.25) is 0 Å². The molecule has 0 atom stereocenters. The summed E-state index contributed by atoms with van der Waals surface area (Å²) in [4.78, 5) is 15.9. The summed E-state index contributed by atoms with van der Waals surface area (Å²) in [5.74, 6) is 0.786. The highest BCUT2D eigenvalue weighted by molar-refractivity contribution is 7.12. The van der Waals surface area contributed by atoms with E-state index in [1.165, 1.54) is 11.3 Å². The van der Waals surface area contributed by atoms with Gasteiger partial charge in [-0.2, -0.15) is 0 Å². The second kappa shape index (κ2) is 5.94. The number of thiazole rings is 1. The van der Waals surface area contributed by atoms with Gasteiger partial charge in [-0.25, -0.2) is 4.98 Å². The van der Waals surface area contributed by atoms with Crippen LogP contribution in [0.4, 0.5) is 0 Å². The van der Waals surface area contributed by atoms with Crippen molar-refractivity contribution in [3.8, 4) is 22.1 Å². The van der Waals surface area contributed by atoms with Crippen LogP contribution in [0.3, 0.4) is 0 Å². The summed E-state index contributed by atoms with van der Waals surface area (Å²) in [5, 5.41) is 4.98. The zero-order valence-electron chi connectivity index (χ0n) is 13.0. The molecule has 4 nitrogen and oxygen atoms in total. The van der Waals surface area contributed by atoms with E-state index in [4.69, 9.17) is 9.72 Å². The molecular weight excluding hydrogens is 320 g/mol. The van der Waals surface area contributed by atoms with E-state index in [1.54, 1.807) is 17.7 Å². The number of ether oxygens (including phenoxy) is 1. The molecule has 0 aliphatic heterocycles. The summed E-state index contributed by atoms with van der Waals surface area (Å²) >= 11 is 1.50. The molecule has 2 aromatic heterocycles. The van der Waals surface area contributed by atoms with Crippen LogP contribution >= 0.6 is 11.3 Å². The lowest BCUT2D eigenvalue weighted by Gasteiger charge is -2.10. The first-order valence-corrected chi connectivity index (χ1v) is 8.34. The van der Waals surface area contributed by atoms with Gasteiger partial charge in [0.15, 0.2) is 11.4 Å². The number of hydrogen-bond donors (Lipinski definition) is 0. The molecule has 0 aliphatic carbocycles. The van der Waals surface area contributed by atoms with E-state index in [1.807, 2.05) is 41.9 Å². The van der Waals surface area contributed by atoms with Crippen molar-refractivity contribution in [2.45, 2.75) is 0 Å². The average Bonchev–Trinajstić information content (AvgIpc) is 3.29. The third kappa shape index (κ3) is 2.30. The number of rotatable bonds is 4. The highest BCUT2D eigenvalue weighted by atomic mass is 32.1. The van der Waals surface area contributed by atoms with Crippen LogP contribution in [0.5, 0.6) is 5.75 Å². The molecule has 24 heavy (non-hydrogen) atoms. The van der Waals surface area contributed by atoms with E-state index in [9.17, 15) is 4.79 Å². The van der Waals surface area contributed by atoms with Crippen molar-refractivity contribution in [2.75, 3.05) is 7.11 Å². The van der Waals surface area contributed by atoms with Gasteiger partial charge in [0.05, 0.1) is 24.1 Å². The Bertz CT molecular complexity index is 1030. The summed E-state index contributed by atoms with van der Waals surface area (Å²) < 4.78 is 7.34. The van der Waals surface area contributed by atoms with Crippen LogP contribution in [-0.2, 0) is 0 Å². The quantitative estimate of drug-likeness (QED) is 0.513. The van der Waals surface area contributed by atoms with E-state index < -0.39 is 0 Å². The number of nitrogens with zero attached hydrogens (tertiary/aromatic N) is 2. The van der Waals surface area contributed by atoms with Gasteiger partial charge < -0.3 is 4.74 Å². The lowest BCUT2D eigenvalue weighted by molar-refractivity contribution is 0.111. The average molecular weight is 334 g/mol. The van der Waals surface area contributed by atoms with E-state index >= 15 is 0 Å². The van der Waals surface area contributed by atoms with E-state index in [0.717, 1.165) is 39.2 Å². The number of benzene rings is 2. The first-order valence-electron chi connectivity index (χ1n) is 7.46. The van der Waals surface area contributed by atoms with Crippen LogP contribution in [0, 0.1) is 0 Å². The van der Waals surface area contributed by atoms with Crippen molar-refractivity contribution in [2.24, 2.45) is 0 Å². The highest BCUT2D eigenvalue weighted by Crippen LogP contribution is 2.37. The largest absolute Gasteiger partial charge is 0.496 e. The first kappa shape index (κ1) is 14.7. The second-order valence-electron chi connectivity index (χ2n) is 5.30. The maximum Gasteiger partial charge on any atom is 0.194 e. The van der Waals surface area contributed by atoms with Crippen LogP contribution in [-0.4, -0.2) is 22.9 Å². The Morgan fingerprint density at radius 3 is 2.83 bits per heavy atom. The van der Waals surface area contributed by atoms with E-state index in [0.29, 0.717) is 5.69 Å². The summed E-state index contributed by atoms with van der Waals surface area (Å²) in [7, 11) is 1.66. The van der Waals surface area contributed by atoms with Gasteiger partial charge in [0, 0.05) is 11.6 Å². The molecule has 4 aromatic rings. The van der Waals surface area contributed by atoms with Crippen molar-refractivity contribution in [1.29, 1.82) is 0 Å². The predicted octanol–water partition coefficient (Wildman–Crippen LogP) is 4.58. The molecule has 118 valence electrons. The van der Waals surface area contributed by atoms with Gasteiger partial charge in [-0.05, 0) is 29.0 Å². The maximum absolute atomic E-state index is 11.1. The number of carbonyl (C=O) groups is 1. The maximum atomic E-state index is 11.1. The fourth-order valence-corrected chi connectivity index (χ4v) is 3.66. The molecule has 0 saturated heterocycles. The predicted molar refractivity (Wildman–Crippen MR) is 96.3 cm³/mol. The lowest BCUT2D eigenvalue weighted by atomic mass is 10.0. The first-order chi connectivity index (χ1) is 11.8. The van der Waals surface area contributed by atoms with Crippen molar-refractivity contribution >= 4 is 28.4 Å².